The Morgan fingerprint density at radius 1 is 1.46 bits per heavy atom. The van der Waals surface area contributed by atoms with Gasteiger partial charge >= 0.3 is 0 Å². The van der Waals surface area contributed by atoms with Gasteiger partial charge in [-0.25, -0.2) is 0 Å². The zero-order chi connectivity index (χ0) is 9.68. The molecule has 0 aromatic rings. The summed E-state index contributed by atoms with van der Waals surface area (Å²) in [7, 11) is 0. The van der Waals surface area contributed by atoms with Crippen LogP contribution >= 0.6 is 15.9 Å². The Labute approximate surface area is 90.4 Å². The van der Waals surface area contributed by atoms with Crippen molar-refractivity contribution in [3.05, 3.63) is 0 Å². The van der Waals surface area contributed by atoms with Crippen molar-refractivity contribution < 1.29 is 4.74 Å². The zero-order valence-electron chi connectivity index (χ0n) is 8.76. The first kappa shape index (κ1) is 11.5. The van der Waals surface area contributed by atoms with Crippen LogP contribution in [0.25, 0.3) is 0 Å². The van der Waals surface area contributed by atoms with Crippen LogP contribution in [0.2, 0.25) is 0 Å². The summed E-state index contributed by atoms with van der Waals surface area (Å²) in [5.74, 6) is 0.754. The standard InChI is InChI=1S/C11H21BrO/c1-9(2)11(12)7-3-5-10-6-4-8-13-10/h9-11H,3-8H2,1-2H3. The summed E-state index contributed by atoms with van der Waals surface area (Å²) in [5, 5.41) is 0. The van der Waals surface area contributed by atoms with Crippen LogP contribution in [-0.2, 0) is 4.74 Å². The minimum absolute atomic E-state index is 0.576. The van der Waals surface area contributed by atoms with E-state index in [2.05, 4.69) is 29.8 Å². The molecule has 2 atom stereocenters. The minimum atomic E-state index is 0.576. The lowest BCUT2D eigenvalue weighted by Crippen LogP contribution is -2.09. The largest absolute Gasteiger partial charge is 0.378 e. The summed E-state index contributed by atoms with van der Waals surface area (Å²) in [6.45, 7) is 5.53. The molecule has 1 aliphatic heterocycles. The Kier molecular flexibility index (Phi) is 5.34. The second kappa shape index (κ2) is 6.02. The lowest BCUT2D eigenvalue weighted by atomic mass is 10.0. The van der Waals surface area contributed by atoms with E-state index < -0.39 is 0 Å². The highest BCUT2D eigenvalue weighted by Gasteiger charge is 2.16. The summed E-state index contributed by atoms with van der Waals surface area (Å²) in [6.07, 6.45) is 6.98. The number of hydrogen-bond acceptors (Lipinski definition) is 1. The summed E-state index contributed by atoms with van der Waals surface area (Å²) in [5.41, 5.74) is 0. The highest BCUT2D eigenvalue weighted by molar-refractivity contribution is 9.09. The fourth-order valence-electron chi connectivity index (χ4n) is 1.75. The lowest BCUT2D eigenvalue weighted by molar-refractivity contribution is 0.102. The molecule has 0 saturated carbocycles. The maximum Gasteiger partial charge on any atom is 0.0576 e. The molecule has 1 fully saturated rings. The number of alkyl halides is 1. The fourth-order valence-corrected chi connectivity index (χ4v) is 2.07. The van der Waals surface area contributed by atoms with Crippen LogP contribution in [0.1, 0.15) is 46.0 Å². The smallest absolute Gasteiger partial charge is 0.0576 e. The van der Waals surface area contributed by atoms with Crippen molar-refractivity contribution in [2.45, 2.75) is 56.9 Å². The van der Waals surface area contributed by atoms with E-state index in [0.29, 0.717) is 10.9 Å². The average Bonchev–Trinajstić information content (AvgIpc) is 2.56. The van der Waals surface area contributed by atoms with E-state index in [1.807, 2.05) is 0 Å². The Morgan fingerprint density at radius 3 is 2.77 bits per heavy atom. The van der Waals surface area contributed by atoms with Gasteiger partial charge in [0.1, 0.15) is 0 Å². The Bertz CT molecular complexity index is 128. The molecule has 0 N–H and O–H groups in total. The van der Waals surface area contributed by atoms with Gasteiger partial charge in [-0.3, -0.25) is 0 Å². The van der Waals surface area contributed by atoms with Crippen LogP contribution < -0.4 is 0 Å². The van der Waals surface area contributed by atoms with Gasteiger partial charge in [-0.1, -0.05) is 29.8 Å². The lowest BCUT2D eigenvalue weighted by Gasteiger charge is -2.14. The summed E-state index contributed by atoms with van der Waals surface area (Å²) >= 11 is 3.71. The van der Waals surface area contributed by atoms with Gasteiger partial charge in [0.15, 0.2) is 0 Å². The Hall–Kier alpha value is 0.440. The monoisotopic (exact) mass is 248 g/mol. The van der Waals surface area contributed by atoms with Gasteiger partial charge in [0.25, 0.3) is 0 Å². The summed E-state index contributed by atoms with van der Waals surface area (Å²) < 4.78 is 5.58. The molecule has 0 aromatic carbocycles. The molecule has 13 heavy (non-hydrogen) atoms. The number of hydrogen-bond donors (Lipinski definition) is 0. The number of halogens is 1. The van der Waals surface area contributed by atoms with Gasteiger partial charge in [-0.15, -0.1) is 0 Å². The second-order valence-electron chi connectivity index (χ2n) is 4.33. The molecular weight excluding hydrogens is 228 g/mol. The van der Waals surface area contributed by atoms with Gasteiger partial charge < -0.3 is 4.74 Å². The van der Waals surface area contributed by atoms with Gasteiger partial charge in [0, 0.05) is 11.4 Å². The molecule has 0 spiro atoms. The fraction of sp³-hybridized carbons (Fsp3) is 1.00. The van der Waals surface area contributed by atoms with Crippen LogP contribution in [0, 0.1) is 5.92 Å². The quantitative estimate of drug-likeness (QED) is 0.674. The average molecular weight is 249 g/mol. The first-order chi connectivity index (χ1) is 6.20. The molecule has 0 bridgehead atoms. The zero-order valence-corrected chi connectivity index (χ0v) is 10.3. The van der Waals surface area contributed by atoms with Crippen molar-refractivity contribution in [2.75, 3.05) is 6.61 Å². The van der Waals surface area contributed by atoms with Crippen LogP contribution in [-0.4, -0.2) is 17.5 Å². The van der Waals surface area contributed by atoms with E-state index in [-0.39, 0.29) is 0 Å². The maximum absolute atomic E-state index is 5.58. The van der Waals surface area contributed by atoms with Gasteiger partial charge in [-0.05, 0) is 38.0 Å². The maximum atomic E-state index is 5.58. The van der Waals surface area contributed by atoms with Gasteiger partial charge in [-0.2, -0.15) is 0 Å². The van der Waals surface area contributed by atoms with Crippen LogP contribution in [0.4, 0.5) is 0 Å². The first-order valence-electron chi connectivity index (χ1n) is 5.46. The predicted molar refractivity (Wildman–Crippen MR) is 60.4 cm³/mol. The van der Waals surface area contributed by atoms with E-state index in [9.17, 15) is 0 Å². The molecule has 2 unspecified atom stereocenters. The van der Waals surface area contributed by atoms with E-state index in [0.717, 1.165) is 12.5 Å². The molecule has 2 heteroatoms. The highest BCUT2D eigenvalue weighted by Crippen LogP contribution is 2.22. The van der Waals surface area contributed by atoms with Crippen LogP contribution in [0.5, 0.6) is 0 Å². The van der Waals surface area contributed by atoms with Crippen molar-refractivity contribution in [3.63, 3.8) is 0 Å². The molecule has 0 aliphatic carbocycles. The molecule has 1 heterocycles. The molecule has 0 aromatic heterocycles. The first-order valence-corrected chi connectivity index (χ1v) is 6.37. The molecule has 1 saturated heterocycles. The van der Waals surface area contributed by atoms with Crippen molar-refractivity contribution in [1.82, 2.24) is 0 Å². The third-order valence-electron chi connectivity index (χ3n) is 2.75. The molecule has 78 valence electrons. The number of ether oxygens (including phenoxy) is 1. The van der Waals surface area contributed by atoms with E-state index in [4.69, 9.17) is 4.74 Å². The molecule has 1 rings (SSSR count). The number of rotatable bonds is 5. The van der Waals surface area contributed by atoms with Crippen molar-refractivity contribution in [2.24, 2.45) is 5.92 Å². The summed E-state index contributed by atoms with van der Waals surface area (Å²) in [4.78, 5) is 0.689. The van der Waals surface area contributed by atoms with Crippen molar-refractivity contribution in [3.8, 4) is 0 Å². The third kappa shape index (κ3) is 4.46. The van der Waals surface area contributed by atoms with E-state index in [1.54, 1.807) is 0 Å². The van der Waals surface area contributed by atoms with Crippen LogP contribution in [0.15, 0.2) is 0 Å². The van der Waals surface area contributed by atoms with Gasteiger partial charge in [0.2, 0.25) is 0 Å². The highest BCUT2D eigenvalue weighted by atomic mass is 79.9. The molecular formula is C11H21BrO. The molecule has 0 radical (unpaired) electrons. The predicted octanol–water partition coefficient (Wildman–Crippen LogP) is 3.76. The van der Waals surface area contributed by atoms with Crippen molar-refractivity contribution in [1.29, 1.82) is 0 Å². The Morgan fingerprint density at radius 2 is 2.23 bits per heavy atom. The third-order valence-corrected chi connectivity index (χ3v) is 4.27. The topological polar surface area (TPSA) is 9.23 Å². The normalized spacial score (nSPS) is 25.4. The van der Waals surface area contributed by atoms with E-state index in [1.165, 1.54) is 32.1 Å². The Balaban J connectivity index is 1.99. The van der Waals surface area contributed by atoms with E-state index >= 15 is 0 Å². The molecule has 1 nitrogen and oxygen atoms in total. The molecule has 0 amide bonds. The molecule has 1 aliphatic rings. The van der Waals surface area contributed by atoms with Crippen molar-refractivity contribution >= 4 is 15.9 Å². The summed E-state index contributed by atoms with van der Waals surface area (Å²) in [6, 6.07) is 0. The van der Waals surface area contributed by atoms with Gasteiger partial charge in [0.05, 0.1) is 6.10 Å². The second-order valence-corrected chi connectivity index (χ2v) is 5.50. The van der Waals surface area contributed by atoms with Crippen LogP contribution in [0.3, 0.4) is 0 Å². The minimum Gasteiger partial charge on any atom is -0.378 e. The SMILES string of the molecule is CC(C)C(Br)CCCC1CCCO1.